The van der Waals surface area contributed by atoms with Crippen LogP contribution in [0.5, 0.6) is 5.75 Å². The second-order valence-corrected chi connectivity index (χ2v) is 8.17. The van der Waals surface area contributed by atoms with Crippen molar-refractivity contribution in [1.82, 2.24) is 10.6 Å². The number of hydrogen-bond acceptors (Lipinski definition) is 5. The predicted molar refractivity (Wildman–Crippen MR) is 101 cm³/mol. The maximum atomic E-state index is 14.3. The fourth-order valence-corrected chi connectivity index (χ4v) is 3.08. The van der Waals surface area contributed by atoms with Crippen molar-refractivity contribution in [2.75, 3.05) is 6.54 Å². The Balaban J connectivity index is 1.98. The smallest absolute Gasteiger partial charge is 0.407 e. The summed E-state index contributed by atoms with van der Waals surface area (Å²) in [6, 6.07) is 1.86. The zero-order valence-corrected chi connectivity index (χ0v) is 16.9. The monoisotopic (exact) mass is 400 g/mol. The number of hydrogen-bond donors (Lipinski definition) is 3. The van der Waals surface area contributed by atoms with Gasteiger partial charge in [-0.2, -0.15) is 0 Å². The largest absolute Gasteiger partial charge is 0.485 e. The van der Waals surface area contributed by atoms with Crippen LogP contribution < -0.4 is 15.4 Å². The first-order chi connectivity index (χ1) is 13.0. The third-order valence-electron chi connectivity index (χ3n) is 4.37. The molecule has 2 rings (SSSR count). The molecule has 3 atom stereocenters. The van der Waals surface area contributed by atoms with Crippen molar-refractivity contribution in [3.8, 4) is 5.75 Å². The van der Waals surface area contributed by atoms with Gasteiger partial charge in [-0.15, -0.1) is 0 Å². The van der Waals surface area contributed by atoms with E-state index >= 15 is 0 Å². The number of ether oxygens (including phenoxy) is 2. The van der Waals surface area contributed by atoms with Crippen LogP contribution >= 0.6 is 0 Å². The summed E-state index contributed by atoms with van der Waals surface area (Å²) >= 11 is 0. The summed E-state index contributed by atoms with van der Waals surface area (Å²) in [4.78, 5) is 11.7. The van der Waals surface area contributed by atoms with E-state index in [0.29, 0.717) is 12.0 Å². The van der Waals surface area contributed by atoms with E-state index in [4.69, 9.17) is 9.47 Å². The molecule has 0 unspecified atom stereocenters. The van der Waals surface area contributed by atoms with E-state index in [0.717, 1.165) is 18.9 Å². The van der Waals surface area contributed by atoms with E-state index in [9.17, 15) is 18.7 Å². The molecule has 1 aromatic carbocycles. The summed E-state index contributed by atoms with van der Waals surface area (Å²) in [5.41, 5.74) is -0.304. The Morgan fingerprint density at radius 3 is 2.64 bits per heavy atom. The van der Waals surface area contributed by atoms with Crippen LogP contribution in [0.2, 0.25) is 0 Å². The van der Waals surface area contributed by atoms with Gasteiger partial charge in [0.2, 0.25) is 0 Å². The third kappa shape index (κ3) is 6.91. The molecular formula is C20H30F2N2O4. The Labute approximate surface area is 164 Å². The van der Waals surface area contributed by atoms with Crippen LogP contribution in [0, 0.1) is 11.6 Å². The van der Waals surface area contributed by atoms with Gasteiger partial charge in [-0.3, -0.25) is 0 Å². The minimum Gasteiger partial charge on any atom is -0.485 e. The summed E-state index contributed by atoms with van der Waals surface area (Å²) < 4.78 is 38.8. The van der Waals surface area contributed by atoms with Crippen LogP contribution in [0.4, 0.5) is 13.6 Å². The Morgan fingerprint density at radius 2 is 2.04 bits per heavy atom. The minimum atomic E-state index is -0.812. The fraction of sp³-hybridized carbons (Fsp3) is 0.650. The van der Waals surface area contributed by atoms with Gasteiger partial charge in [-0.25, -0.2) is 13.6 Å². The Kier molecular flexibility index (Phi) is 7.60. The molecule has 1 aliphatic carbocycles. The number of carbonyl (C=O) groups is 1. The van der Waals surface area contributed by atoms with Gasteiger partial charge in [-0.1, -0.05) is 0 Å². The number of nitrogens with one attached hydrogen (secondary N) is 2. The van der Waals surface area contributed by atoms with Gasteiger partial charge >= 0.3 is 6.09 Å². The lowest BCUT2D eigenvalue weighted by molar-refractivity contribution is 0.0504. The number of alkyl carbamates (subject to hydrolysis) is 1. The van der Waals surface area contributed by atoms with Gasteiger partial charge in [0.25, 0.3) is 0 Å². The number of aliphatic hydroxyl groups excluding tert-OH is 1. The highest BCUT2D eigenvalue weighted by Crippen LogP contribution is 2.27. The predicted octanol–water partition coefficient (Wildman–Crippen LogP) is 3.26. The fourth-order valence-electron chi connectivity index (χ4n) is 3.08. The molecule has 0 radical (unpaired) electrons. The molecular weight excluding hydrogens is 370 g/mol. The first kappa shape index (κ1) is 22.4. The van der Waals surface area contributed by atoms with Crippen molar-refractivity contribution < 1.29 is 28.2 Å². The Hall–Kier alpha value is -1.93. The first-order valence-electron chi connectivity index (χ1n) is 9.58. The highest BCUT2D eigenvalue weighted by molar-refractivity contribution is 5.67. The highest BCUT2D eigenvalue weighted by atomic mass is 19.1. The minimum absolute atomic E-state index is 0.0696. The molecule has 6 nitrogen and oxygen atoms in total. The zero-order valence-electron chi connectivity index (χ0n) is 16.9. The molecule has 0 bridgehead atoms. The molecule has 158 valence electrons. The molecule has 1 aromatic rings. The van der Waals surface area contributed by atoms with Gasteiger partial charge in [0.05, 0.1) is 12.6 Å². The van der Waals surface area contributed by atoms with E-state index < -0.39 is 35.5 Å². The second kappa shape index (κ2) is 9.52. The average Bonchev–Trinajstić information content (AvgIpc) is 2.97. The van der Waals surface area contributed by atoms with Gasteiger partial charge in [0.1, 0.15) is 17.5 Å². The number of amides is 1. The van der Waals surface area contributed by atoms with Gasteiger partial charge in [-0.05, 0) is 53.0 Å². The summed E-state index contributed by atoms with van der Waals surface area (Å²) in [6.07, 6.45) is 0.812. The normalized spacial score (nSPS) is 20.7. The number of halogens is 2. The second-order valence-electron chi connectivity index (χ2n) is 8.17. The maximum Gasteiger partial charge on any atom is 0.407 e. The van der Waals surface area contributed by atoms with Crippen molar-refractivity contribution in [2.45, 2.75) is 77.4 Å². The third-order valence-corrected chi connectivity index (χ3v) is 4.37. The van der Waals surface area contributed by atoms with Crippen LogP contribution in [0.15, 0.2) is 12.1 Å². The zero-order chi connectivity index (χ0) is 20.9. The molecule has 1 saturated carbocycles. The molecule has 0 spiro atoms. The van der Waals surface area contributed by atoms with Crippen LogP contribution in [0.3, 0.4) is 0 Å². The van der Waals surface area contributed by atoms with Gasteiger partial charge in [0, 0.05) is 24.2 Å². The maximum absolute atomic E-state index is 14.3. The van der Waals surface area contributed by atoms with Crippen molar-refractivity contribution in [1.29, 1.82) is 0 Å². The highest BCUT2D eigenvalue weighted by Gasteiger charge is 2.25. The molecule has 0 aromatic heterocycles. The topological polar surface area (TPSA) is 79.8 Å². The lowest BCUT2D eigenvalue weighted by atomic mass is 10.1. The van der Waals surface area contributed by atoms with Gasteiger partial charge < -0.3 is 25.2 Å². The molecule has 0 heterocycles. The average molecular weight is 400 g/mol. The van der Waals surface area contributed by atoms with Crippen LogP contribution in [-0.4, -0.2) is 41.6 Å². The summed E-state index contributed by atoms with van der Waals surface area (Å²) in [6.45, 7) is 7.18. The van der Waals surface area contributed by atoms with E-state index in [1.165, 1.54) is 6.07 Å². The van der Waals surface area contributed by atoms with Crippen molar-refractivity contribution in [3.63, 3.8) is 0 Å². The number of aliphatic hydroxyl groups is 1. The van der Waals surface area contributed by atoms with Crippen molar-refractivity contribution in [2.24, 2.45) is 0 Å². The quantitative estimate of drug-likeness (QED) is 0.655. The lowest BCUT2D eigenvalue weighted by Gasteiger charge is -2.22. The number of benzene rings is 1. The summed E-state index contributed by atoms with van der Waals surface area (Å²) in [5, 5.41) is 15.6. The molecule has 0 aliphatic heterocycles. The standard InChI is InChI=1S/C20H30F2N2O4/c1-12(10-24-19(26)28-20(2,3)4)27-18-13(8-14(21)9-15(18)22)11-23-16-6-5-7-17(16)25/h8-9,12,16-17,23,25H,5-7,10-11H2,1-4H3,(H,24,26)/t12-,16+,17-/m0/s1. The van der Waals surface area contributed by atoms with Gasteiger partial charge in [0.15, 0.2) is 11.6 Å². The lowest BCUT2D eigenvalue weighted by Crippen LogP contribution is -2.38. The first-order valence-corrected chi connectivity index (χ1v) is 9.58. The molecule has 1 amide bonds. The van der Waals surface area contributed by atoms with Crippen LogP contribution in [0.1, 0.15) is 52.5 Å². The van der Waals surface area contributed by atoms with Crippen molar-refractivity contribution in [3.05, 3.63) is 29.3 Å². The van der Waals surface area contributed by atoms with E-state index in [2.05, 4.69) is 10.6 Å². The van der Waals surface area contributed by atoms with E-state index in [1.54, 1.807) is 27.7 Å². The van der Waals surface area contributed by atoms with E-state index in [1.807, 2.05) is 0 Å². The summed E-state index contributed by atoms with van der Waals surface area (Å²) in [5.74, 6) is -1.58. The Bertz CT molecular complexity index is 679. The van der Waals surface area contributed by atoms with Crippen LogP contribution in [0.25, 0.3) is 0 Å². The van der Waals surface area contributed by atoms with E-state index in [-0.39, 0.29) is 24.9 Å². The molecule has 0 saturated heterocycles. The number of rotatable bonds is 7. The molecule has 1 fully saturated rings. The molecule has 1 aliphatic rings. The molecule has 8 heteroatoms. The number of carbonyl (C=O) groups excluding carboxylic acids is 1. The summed E-state index contributed by atoms with van der Waals surface area (Å²) in [7, 11) is 0. The Morgan fingerprint density at radius 1 is 1.32 bits per heavy atom. The van der Waals surface area contributed by atoms with Crippen molar-refractivity contribution >= 4 is 6.09 Å². The molecule has 3 N–H and O–H groups in total. The SMILES string of the molecule is C[C@@H](CNC(=O)OC(C)(C)C)Oc1c(F)cc(F)cc1CN[C@@H]1CCC[C@@H]1O. The van der Waals surface area contributed by atoms with Crippen LogP contribution in [-0.2, 0) is 11.3 Å². The molecule has 28 heavy (non-hydrogen) atoms.